The number of ether oxygens (including phenoxy) is 2. The number of hydrogen-bond donors (Lipinski definition) is 2. The molecule has 3 amide bonds. The molecule has 41 heavy (non-hydrogen) atoms. The van der Waals surface area contributed by atoms with Crippen molar-refractivity contribution in [3.63, 3.8) is 0 Å². The molecule has 0 saturated carbocycles. The molecule has 3 aromatic rings. The summed E-state index contributed by atoms with van der Waals surface area (Å²) in [6.07, 6.45) is 4.24. The second kappa shape index (κ2) is 14.1. The van der Waals surface area contributed by atoms with Crippen LogP contribution >= 0.6 is 0 Å². The number of fused-ring (bicyclic) bond motifs is 1. The van der Waals surface area contributed by atoms with Gasteiger partial charge in [-0.3, -0.25) is 14.7 Å². The van der Waals surface area contributed by atoms with E-state index in [-0.39, 0.29) is 30.1 Å². The number of likely N-dealkylation sites (N-methyl/N-ethyl adjacent to an activating group) is 1. The SMILES string of the molecule is COC1CCN(Cc2ccc(-c3ccncc3)cc2)[C@@H](C)COc2ccc(NC(=O)NC(C)C)cc2C(=O)N(C)C1. The average Bonchev–Trinajstić information content (AvgIpc) is 2.97. The Morgan fingerprint density at radius 3 is 2.49 bits per heavy atom. The van der Waals surface area contributed by atoms with Crippen LogP contribution in [0, 0.1) is 0 Å². The van der Waals surface area contributed by atoms with E-state index in [9.17, 15) is 9.59 Å². The minimum atomic E-state index is -0.327. The van der Waals surface area contributed by atoms with Gasteiger partial charge < -0.3 is 25.0 Å². The number of hydrogen-bond acceptors (Lipinski definition) is 6. The summed E-state index contributed by atoms with van der Waals surface area (Å²) >= 11 is 0. The Morgan fingerprint density at radius 2 is 1.80 bits per heavy atom. The van der Waals surface area contributed by atoms with Gasteiger partial charge in [0, 0.05) is 64.0 Å². The van der Waals surface area contributed by atoms with Crippen LogP contribution < -0.4 is 15.4 Å². The summed E-state index contributed by atoms with van der Waals surface area (Å²) in [6, 6.07) is 17.5. The summed E-state index contributed by atoms with van der Waals surface area (Å²) in [5.41, 5.74) is 4.42. The number of nitrogens with one attached hydrogen (secondary N) is 2. The summed E-state index contributed by atoms with van der Waals surface area (Å²) in [5, 5.41) is 5.61. The van der Waals surface area contributed by atoms with Crippen molar-refractivity contribution in [2.24, 2.45) is 0 Å². The first-order valence-electron chi connectivity index (χ1n) is 14.1. The zero-order valence-electron chi connectivity index (χ0n) is 24.6. The molecule has 2 N–H and O–H groups in total. The highest BCUT2D eigenvalue weighted by Gasteiger charge is 2.25. The molecule has 0 radical (unpaired) electrons. The van der Waals surface area contributed by atoms with E-state index in [0.29, 0.717) is 30.2 Å². The van der Waals surface area contributed by atoms with Crippen LogP contribution in [-0.2, 0) is 11.3 Å². The van der Waals surface area contributed by atoms with Gasteiger partial charge in [-0.1, -0.05) is 24.3 Å². The predicted octanol–water partition coefficient (Wildman–Crippen LogP) is 5.04. The summed E-state index contributed by atoms with van der Waals surface area (Å²) in [7, 11) is 3.45. The number of aromatic nitrogens is 1. The maximum atomic E-state index is 13.5. The third-order valence-electron chi connectivity index (χ3n) is 7.24. The van der Waals surface area contributed by atoms with Gasteiger partial charge in [0.2, 0.25) is 0 Å². The van der Waals surface area contributed by atoms with E-state index in [2.05, 4.69) is 51.7 Å². The lowest BCUT2D eigenvalue weighted by Gasteiger charge is -2.33. The number of nitrogens with zero attached hydrogens (tertiary/aromatic N) is 3. The molecule has 0 spiro atoms. The van der Waals surface area contributed by atoms with Crippen molar-refractivity contribution in [1.29, 1.82) is 0 Å². The molecule has 2 aromatic carbocycles. The van der Waals surface area contributed by atoms with E-state index < -0.39 is 0 Å². The minimum absolute atomic E-state index is 0.00912. The summed E-state index contributed by atoms with van der Waals surface area (Å²) in [5.74, 6) is 0.300. The van der Waals surface area contributed by atoms with Gasteiger partial charge in [-0.05, 0) is 74.2 Å². The van der Waals surface area contributed by atoms with Gasteiger partial charge in [-0.2, -0.15) is 0 Å². The molecule has 2 atom stereocenters. The van der Waals surface area contributed by atoms with Crippen LogP contribution in [0.5, 0.6) is 5.75 Å². The Bertz CT molecular complexity index is 1300. The molecule has 2 heterocycles. The van der Waals surface area contributed by atoms with Crippen LogP contribution in [0.2, 0.25) is 0 Å². The molecule has 9 heteroatoms. The maximum absolute atomic E-state index is 13.5. The third-order valence-corrected chi connectivity index (χ3v) is 7.24. The highest BCUT2D eigenvalue weighted by Crippen LogP contribution is 2.26. The largest absolute Gasteiger partial charge is 0.491 e. The number of carbonyl (C=O) groups excluding carboxylic acids is 2. The Kier molecular flexibility index (Phi) is 10.3. The Morgan fingerprint density at radius 1 is 1.10 bits per heavy atom. The van der Waals surface area contributed by atoms with Gasteiger partial charge in [0.05, 0.1) is 11.7 Å². The second-order valence-electron chi connectivity index (χ2n) is 10.9. The molecule has 9 nitrogen and oxygen atoms in total. The number of amides is 3. The zero-order chi connectivity index (χ0) is 29.4. The van der Waals surface area contributed by atoms with Gasteiger partial charge in [0.1, 0.15) is 12.4 Å². The number of pyridine rings is 1. The Labute approximate surface area is 242 Å². The summed E-state index contributed by atoms with van der Waals surface area (Å²) < 4.78 is 12.1. The Balaban J connectivity index is 1.54. The lowest BCUT2D eigenvalue weighted by molar-refractivity contribution is 0.0384. The van der Waals surface area contributed by atoms with Crippen LogP contribution in [0.1, 0.15) is 43.1 Å². The van der Waals surface area contributed by atoms with Crippen molar-refractivity contribution < 1.29 is 19.1 Å². The van der Waals surface area contributed by atoms with Crippen molar-refractivity contribution in [3.05, 3.63) is 78.1 Å². The van der Waals surface area contributed by atoms with Crippen molar-refractivity contribution in [3.8, 4) is 16.9 Å². The second-order valence-corrected chi connectivity index (χ2v) is 10.9. The molecule has 4 rings (SSSR count). The lowest BCUT2D eigenvalue weighted by Crippen LogP contribution is -2.42. The van der Waals surface area contributed by atoms with Gasteiger partial charge in [-0.15, -0.1) is 0 Å². The lowest BCUT2D eigenvalue weighted by atomic mass is 10.0. The molecule has 0 saturated heterocycles. The van der Waals surface area contributed by atoms with E-state index in [1.54, 1.807) is 49.7 Å². The van der Waals surface area contributed by atoms with Gasteiger partial charge >= 0.3 is 6.03 Å². The molecule has 0 fully saturated rings. The first-order valence-corrected chi connectivity index (χ1v) is 14.1. The monoisotopic (exact) mass is 559 g/mol. The van der Waals surface area contributed by atoms with Crippen molar-refractivity contribution in [2.75, 3.05) is 39.2 Å². The average molecular weight is 560 g/mol. The fourth-order valence-electron chi connectivity index (χ4n) is 4.87. The van der Waals surface area contributed by atoms with E-state index in [1.807, 2.05) is 26.0 Å². The van der Waals surface area contributed by atoms with Crippen molar-refractivity contribution >= 4 is 17.6 Å². The van der Waals surface area contributed by atoms with Crippen LogP contribution in [0.4, 0.5) is 10.5 Å². The van der Waals surface area contributed by atoms with E-state index in [4.69, 9.17) is 9.47 Å². The standard InChI is InChI=1S/C32H41N5O4/c1-22(2)34-32(39)35-27-10-11-30-29(18-27)31(38)36(4)20-28(40-5)14-17-37(23(3)21-41-30)19-24-6-8-25(9-7-24)26-12-15-33-16-13-26/h6-13,15-16,18,22-23,28H,14,17,19-21H2,1-5H3,(H2,34,35,39)/t23-,28?/m0/s1. The molecule has 1 aliphatic rings. The third kappa shape index (κ3) is 8.28. The number of methoxy groups -OCH3 is 1. The summed E-state index contributed by atoms with van der Waals surface area (Å²) in [4.78, 5) is 33.9. The highest BCUT2D eigenvalue weighted by molar-refractivity contribution is 5.99. The van der Waals surface area contributed by atoms with Crippen molar-refractivity contribution in [1.82, 2.24) is 20.1 Å². The zero-order valence-corrected chi connectivity index (χ0v) is 24.6. The quantitative estimate of drug-likeness (QED) is 0.440. The predicted molar refractivity (Wildman–Crippen MR) is 161 cm³/mol. The molecule has 218 valence electrons. The van der Waals surface area contributed by atoms with E-state index >= 15 is 0 Å². The molecular formula is C32H41N5O4. The van der Waals surface area contributed by atoms with Crippen LogP contribution in [0.3, 0.4) is 0 Å². The topological polar surface area (TPSA) is 96.0 Å². The first kappa shape index (κ1) is 30.0. The fourth-order valence-corrected chi connectivity index (χ4v) is 4.87. The van der Waals surface area contributed by atoms with Gasteiger partial charge in [0.25, 0.3) is 5.91 Å². The van der Waals surface area contributed by atoms with Gasteiger partial charge in [-0.25, -0.2) is 4.79 Å². The number of rotatable bonds is 6. The number of benzene rings is 2. The molecule has 1 aromatic heterocycles. The molecule has 0 aliphatic carbocycles. The van der Waals surface area contributed by atoms with E-state index in [1.165, 1.54) is 5.56 Å². The number of urea groups is 1. The maximum Gasteiger partial charge on any atom is 0.319 e. The molecule has 1 aliphatic heterocycles. The van der Waals surface area contributed by atoms with Crippen LogP contribution in [0.25, 0.3) is 11.1 Å². The highest BCUT2D eigenvalue weighted by atomic mass is 16.5. The molecule has 1 unspecified atom stereocenters. The number of carbonyl (C=O) groups is 2. The van der Waals surface area contributed by atoms with Gasteiger partial charge in [0.15, 0.2) is 0 Å². The molecular weight excluding hydrogens is 518 g/mol. The normalized spacial score (nSPS) is 18.6. The van der Waals surface area contributed by atoms with E-state index in [0.717, 1.165) is 30.6 Å². The first-order chi connectivity index (χ1) is 19.7. The van der Waals surface area contributed by atoms with Crippen molar-refractivity contribution in [2.45, 2.75) is 51.9 Å². The minimum Gasteiger partial charge on any atom is -0.491 e. The smallest absolute Gasteiger partial charge is 0.319 e. The summed E-state index contributed by atoms with van der Waals surface area (Å²) in [6.45, 7) is 8.29. The molecule has 0 bridgehead atoms. The van der Waals surface area contributed by atoms with Crippen LogP contribution in [0.15, 0.2) is 67.0 Å². The fraction of sp³-hybridized carbons (Fsp3) is 0.406. The van der Waals surface area contributed by atoms with Crippen LogP contribution in [-0.4, -0.2) is 78.8 Å². The number of anilines is 1. The Hall–Kier alpha value is -3.95.